The topological polar surface area (TPSA) is 113 Å². The number of benzene rings is 2. The summed E-state index contributed by atoms with van der Waals surface area (Å²) in [6.07, 6.45) is 0. The first kappa shape index (κ1) is 19.0. The molecule has 0 radical (unpaired) electrons. The number of halogens is 1. The molecule has 8 nitrogen and oxygen atoms in total. The van der Waals surface area contributed by atoms with E-state index in [-0.39, 0.29) is 28.6 Å². The van der Waals surface area contributed by atoms with Gasteiger partial charge in [-0.25, -0.2) is 8.42 Å². The van der Waals surface area contributed by atoms with Gasteiger partial charge in [0.2, 0.25) is 0 Å². The number of hydrogen-bond donors (Lipinski definition) is 2. The van der Waals surface area contributed by atoms with E-state index < -0.39 is 28.4 Å². The zero-order valence-electron chi connectivity index (χ0n) is 14.1. The molecule has 0 aromatic heterocycles. The molecule has 1 aliphatic rings. The number of sulfonamides is 1. The number of fused-ring (bicyclic) bond motifs is 1. The maximum Gasteiger partial charge on any atom is 0.323 e. The van der Waals surface area contributed by atoms with Gasteiger partial charge in [0, 0.05) is 5.02 Å². The number of anilines is 2. The summed E-state index contributed by atoms with van der Waals surface area (Å²) in [5.74, 6) is -1.57. The normalized spacial score (nSPS) is 13.7. The van der Waals surface area contributed by atoms with Crippen molar-refractivity contribution >= 4 is 44.9 Å². The van der Waals surface area contributed by atoms with Crippen LogP contribution in [0.3, 0.4) is 0 Å². The standard InChI is InChI=1S/C17H15ClN2O6S/c1-10-2-3-11(6-13(10)18)19-27(24,25)12-4-5-15-14(7-12)20(8-17(22)23)16(21)9-26-15/h2-7,19H,8-9H2,1H3,(H,22,23). The first-order chi connectivity index (χ1) is 12.7. The highest BCUT2D eigenvalue weighted by atomic mass is 35.5. The lowest BCUT2D eigenvalue weighted by molar-refractivity contribution is -0.137. The van der Waals surface area contributed by atoms with E-state index in [1.807, 2.05) is 0 Å². The molecule has 0 atom stereocenters. The van der Waals surface area contributed by atoms with Gasteiger partial charge in [-0.2, -0.15) is 0 Å². The summed E-state index contributed by atoms with van der Waals surface area (Å²) in [6.45, 7) is 0.879. The number of aryl methyl sites for hydroxylation is 1. The Morgan fingerprint density at radius 3 is 2.70 bits per heavy atom. The molecule has 0 spiro atoms. The van der Waals surface area contributed by atoms with Crippen molar-refractivity contribution in [1.29, 1.82) is 0 Å². The number of carboxylic acids is 1. The average molecular weight is 411 g/mol. The summed E-state index contributed by atoms with van der Waals surface area (Å²) < 4.78 is 33.0. The van der Waals surface area contributed by atoms with E-state index in [9.17, 15) is 18.0 Å². The number of aliphatic carboxylic acids is 1. The van der Waals surface area contributed by atoms with Crippen LogP contribution in [0, 0.1) is 6.92 Å². The zero-order chi connectivity index (χ0) is 19.8. The number of carbonyl (C=O) groups is 2. The minimum atomic E-state index is -4.00. The highest BCUT2D eigenvalue weighted by Gasteiger charge is 2.29. The van der Waals surface area contributed by atoms with Crippen LogP contribution in [0.15, 0.2) is 41.3 Å². The fraction of sp³-hybridized carbons (Fsp3) is 0.176. The van der Waals surface area contributed by atoms with Crippen molar-refractivity contribution in [2.45, 2.75) is 11.8 Å². The van der Waals surface area contributed by atoms with Crippen molar-refractivity contribution < 1.29 is 27.9 Å². The Kier molecular flexibility index (Phi) is 4.99. The Labute approximate surface area is 160 Å². The van der Waals surface area contributed by atoms with Crippen LogP contribution < -0.4 is 14.4 Å². The van der Waals surface area contributed by atoms with Crippen LogP contribution in [0.5, 0.6) is 5.75 Å². The van der Waals surface area contributed by atoms with Crippen LogP contribution in [0.25, 0.3) is 0 Å². The fourth-order valence-electron chi connectivity index (χ4n) is 2.53. The van der Waals surface area contributed by atoms with Gasteiger partial charge in [-0.15, -0.1) is 0 Å². The van der Waals surface area contributed by atoms with Gasteiger partial charge in [0.25, 0.3) is 15.9 Å². The minimum absolute atomic E-state index is 0.0819. The first-order valence-electron chi connectivity index (χ1n) is 7.75. The summed E-state index contributed by atoms with van der Waals surface area (Å²) in [5.41, 5.74) is 1.16. The monoisotopic (exact) mass is 410 g/mol. The van der Waals surface area contributed by atoms with Crippen LogP contribution in [-0.4, -0.2) is 38.6 Å². The van der Waals surface area contributed by atoms with Crippen LogP contribution in [0.1, 0.15) is 5.56 Å². The third-order valence-electron chi connectivity index (χ3n) is 3.90. The molecule has 2 aromatic rings. The molecule has 1 amide bonds. The first-order valence-corrected chi connectivity index (χ1v) is 9.61. The predicted octanol–water partition coefficient (Wildman–Crippen LogP) is 2.26. The predicted molar refractivity (Wildman–Crippen MR) is 98.9 cm³/mol. The molecular formula is C17H15ClN2O6S. The molecule has 10 heteroatoms. The van der Waals surface area contributed by atoms with Gasteiger partial charge < -0.3 is 9.84 Å². The summed E-state index contributed by atoms with van der Waals surface area (Å²) in [5, 5.41) is 9.41. The smallest absolute Gasteiger partial charge is 0.323 e. The molecule has 2 N–H and O–H groups in total. The van der Waals surface area contributed by atoms with Gasteiger partial charge in [0.05, 0.1) is 16.3 Å². The van der Waals surface area contributed by atoms with E-state index >= 15 is 0 Å². The summed E-state index contributed by atoms with van der Waals surface area (Å²) >= 11 is 6.02. The Hall–Kier alpha value is -2.78. The lowest BCUT2D eigenvalue weighted by Crippen LogP contribution is -2.42. The van der Waals surface area contributed by atoms with E-state index in [0.29, 0.717) is 5.02 Å². The lowest BCUT2D eigenvalue weighted by Gasteiger charge is -2.28. The number of nitrogens with one attached hydrogen (secondary N) is 1. The number of nitrogens with zero attached hydrogens (tertiary/aromatic N) is 1. The fourth-order valence-corrected chi connectivity index (χ4v) is 3.78. The van der Waals surface area contributed by atoms with Crippen LogP contribution in [0.2, 0.25) is 5.02 Å². The second kappa shape index (κ2) is 7.09. The van der Waals surface area contributed by atoms with Gasteiger partial charge in [-0.1, -0.05) is 17.7 Å². The molecule has 2 aromatic carbocycles. The molecule has 0 aliphatic carbocycles. The molecule has 1 aliphatic heterocycles. The van der Waals surface area contributed by atoms with E-state index in [4.69, 9.17) is 21.4 Å². The molecule has 0 unspecified atom stereocenters. The summed E-state index contributed by atoms with van der Waals surface area (Å²) in [4.78, 5) is 23.8. The highest BCUT2D eigenvalue weighted by Crippen LogP contribution is 2.34. The van der Waals surface area contributed by atoms with Crippen LogP contribution in [0.4, 0.5) is 11.4 Å². The maximum atomic E-state index is 12.7. The van der Waals surface area contributed by atoms with Gasteiger partial charge in [0.1, 0.15) is 12.3 Å². The van der Waals surface area contributed by atoms with Crippen molar-refractivity contribution in [2.75, 3.05) is 22.8 Å². The van der Waals surface area contributed by atoms with Crippen molar-refractivity contribution in [3.05, 3.63) is 47.0 Å². The number of rotatable bonds is 5. The van der Waals surface area contributed by atoms with Gasteiger partial charge >= 0.3 is 5.97 Å². The van der Waals surface area contributed by atoms with E-state index in [1.165, 1.54) is 24.3 Å². The maximum absolute atomic E-state index is 12.7. The Balaban J connectivity index is 1.97. The molecular weight excluding hydrogens is 396 g/mol. The lowest BCUT2D eigenvalue weighted by atomic mass is 10.2. The summed E-state index contributed by atoms with van der Waals surface area (Å²) in [7, 11) is -4.00. The van der Waals surface area contributed by atoms with Gasteiger partial charge in [-0.05, 0) is 42.8 Å². The van der Waals surface area contributed by atoms with Crippen molar-refractivity contribution in [3.8, 4) is 5.75 Å². The average Bonchev–Trinajstić information content (AvgIpc) is 2.60. The Morgan fingerprint density at radius 1 is 1.30 bits per heavy atom. The Bertz CT molecular complexity index is 1040. The summed E-state index contributed by atoms with van der Waals surface area (Å²) in [6, 6.07) is 8.62. The van der Waals surface area contributed by atoms with E-state index in [0.717, 1.165) is 10.5 Å². The number of carbonyl (C=O) groups excluding carboxylic acids is 1. The zero-order valence-corrected chi connectivity index (χ0v) is 15.7. The molecule has 3 rings (SSSR count). The van der Waals surface area contributed by atoms with Crippen molar-refractivity contribution in [3.63, 3.8) is 0 Å². The third kappa shape index (κ3) is 3.99. The molecule has 0 bridgehead atoms. The van der Waals surface area contributed by atoms with Crippen molar-refractivity contribution in [1.82, 2.24) is 0 Å². The quantitative estimate of drug-likeness (QED) is 0.781. The highest BCUT2D eigenvalue weighted by molar-refractivity contribution is 7.92. The molecule has 0 saturated heterocycles. The second-order valence-electron chi connectivity index (χ2n) is 5.86. The largest absolute Gasteiger partial charge is 0.482 e. The van der Waals surface area contributed by atoms with E-state index in [2.05, 4.69) is 4.72 Å². The molecule has 142 valence electrons. The van der Waals surface area contributed by atoms with Gasteiger partial charge in [-0.3, -0.25) is 19.2 Å². The van der Waals surface area contributed by atoms with Crippen molar-refractivity contribution in [2.24, 2.45) is 0 Å². The van der Waals surface area contributed by atoms with Crippen LogP contribution in [-0.2, 0) is 19.6 Å². The number of hydrogen-bond acceptors (Lipinski definition) is 5. The number of ether oxygens (including phenoxy) is 1. The minimum Gasteiger partial charge on any atom is -0.482 e. The van der Waals surface area contributed by atoms with E-state index in [1.54, 1.807) is 19.1 Å². The number of amides is 1. The third-order valence-corrected chi connectivity index (χ3v) is 5.69. The molecule has 27 heavy (non-hydrogen) atoms. The Morgan fingerprint density at radius 2 is 2.04 bits per heavy atom. The second-order valence-corrected chi connectivity index (χ2v) is 7.95. The molecule has 1 heterocycles. The molecule has 0 fully saturated rings. The SMILES string of the molecule is Cc1ccc(NS(=O)(=O)c2ccc3c(c2)N(CC(=O)O)C(=O)CO3)cc1Cl. The molecule has 0 saturated carbocycles. The van der Waals surface area contributed by atoms with Gasteiger partial charge in [0.15, 0.2) is 6.61 Å². The van der Waals surface area contributed by atoms with Crippen LogP contribution >= 0.6 is 11.6 Å². The number of carboxylic acid groups (broad SMARTS) is 1.